The van der Waals surface area contributed by atoms with Crippen LogP contribution >= 0.6 is 22.9 Å². The molecule has 2 aromatic carbocycles. The molecule has 0 bridgehead atoms. The van der Waals surface area contributed by atoms with Crippen molar-refractivity contribution in [3.8, 4) is 5.75 Å². The van der Waals surface area contributed by atoms with Gasteiger partial charge in [0.1, 0.15) is 10.8 Å². The number of benzene rings is 2. The van der Waals surface area contributed by atoms with Crippen LogP contribution < -0.4 is 10.1 Å². The smallest absolute Gasteiger partial charge is 0.322 e. The van der Waals surface area contributed by atoms with Crippen molar-refractivity contribution in [1.82, 2.24) is 9.88 Å². The number of methoxy groups -OCH3 is 1. The molecule has 0 saturated carbocycles. The molecule has 0 aliphatic carbocycles. The quantitative estimate of drug-likeness (QED) is 0.703. The molecule has 0 aliphatic rings. The van der Waals surface area contributed by atoms with Crippen molar-refractivity contribution < 1.29 is 9.53 Å². The Kier molecular flexibility index (Phi) is 5.11. The molecule has 7 heteroatoms. The average molecular weight is 376 g/mol. The van der Waals surface area contributed by atoms with Crippen LogP contribution in [-0.4, -0.2) is 30.1 Å². The third-order valence-electron chi connectivity index (χ3n) is 3.78. The summed E-state index contributed by atoms with van der Waals surface area (Å²) in [4.78, 5) is 18.6. The van der Waals surface area contributed by atoms with Crippen molar-refractivity contribution in [2.75, 3.05) is 19.5 Å². The van der Waals surface area contributed by atoms with Gasteiger partial charge in [0.2, 0.25) is 0 Å². The van der Waals surface area contributed by atoms with E-state index < -0.39 is 0 Å². The number of amides is 2. The highest BCUT2D eigenvalue weighted by atomic mass is 35.5. The average Bonchev–Trinajstić information content (AvgIpc) is 3.00. The van der Waals surface area contributed by atoms with Gasteiger partial charge in [0.25, 0.3) is 0 Å². The van der Waals surface area contributed by atoms with Gasteiger partial charge in [-0.05, 0) is 30.7 Å². The number of anilines is 1. The first-order chi connectivity index (χ1) is 12.0. The number of hydrogen-bond donors (Lipinski definition) is 1. The number of rotatable bonds is 4. The van der Waals surface area contributed by atoms with E-state index in [0.717, 1.165) is 20.8 Å². The van der Waals surface area contributed by atoms with Crippen LogP contribution in [0.5, 0.6) is 5.75 Å². The molecule has 1 aromatic heterocycles. The number of ether oxygens (including phenoxy) is 1. The second-order valence-electron chi connectivity index (χ2n) is 5.66. The minimum atomic E-state index is -0.237. The number of carbonyl (C=O) groups excluding carboxylic acids is 1. The summed E-state index contributed by atoms with van der Waals surface area (Å²) in [6, 6.07) is 11.2. The summed E-state index contributed by atoms with van der Waals surface area (Å²) >= 11 is 7.69. The molecule has 0 unspecified atom stereocenters. The van der Waals surface area contributed by atoms with Crippen molar-refractivity contribution in [3.63, 3.8) is 0 Å². The first-order valence-corrected chi connectivity index (χ1v) is 8.88. The maximum absolute atomic E-state index is 12.5. The van der Waals surface area contributed by atoms with E-state index >= 15 is 0 Å². The number of aryl methyl sites for hydroxylation is 1. The van der Waals surface area contributed by atoms with Gasteiger partial charge in [-0.15, -0.1) is 11.3 Å². The number of para-hydroxylation sites is 1. The number of nitrogens with one attached hydrogen (secondary N) is 1. The van der Waals surface area contributed by atoms with Crippen LogP contribution in [0.3, 0.4) is 0 Å². The van der Waals surface area contributed by atoms with Crippen molar-refractivity contribution in [2.45, 2.75) is 13.5 Å². The largest absolute Gasteiger partial charge is 0.495 e. The van der Waals surface area contributed by atoms with Gasteiger partial charge in [-0.1, -0.05) is 23.7 Å². The molecule has 130 valence electrons. The maximum atomic E-state index is 12.5. The second kappa shape index (κ2) is 7.29. The Morgan fingerprint density at radius 1 is 1.36 bits per heavy atom. The predicted molar refractivity (Wildman–Crippen MR) is 103 cm³/mol. The van der Waals surface area contributed by atoms with E-state index in [-0.39, 0.29) is 6.03 Å². The Morgan fingerprint density at radius 2 is 2.12 bits per heavy atom. The number of aromatic nitrogens is 1. The van der Waals surface area contributed by atoms with Gasteiger partial charge in [-0.3, -0.25) is 0 Å². The standard InChI is InChI=1S/C18H18ClN3O2S/c1-11-8-14(15(24-3)9-12(11)19)21-18(23)22(2)10-17-20-13-6-4-5-7-16(13)25-17/h4-9H,10H2,1-3H3,(H,21,23). The van der Waals surface area contributed by atoms with Crippen molar-refractivity contribution in [1.29, 1.82) is 0 Å². The highest BCUT2D eigenvalue weighted by molar-refractivity contribution is 7.18. The Hall–Kier alpha value is -2.31. The molecular formula is C18H18ClN3O2S. The van der Waals surface area contributed by atoms with E-state index in [4.69, 9.17) is 16.3 Å². The maximum Gasteiger partial charge on any atom is 0.322 e. The molecule has 0 aliphatic heterocycles. The SMILES string of the molecule is COc1cc(Cl)c(C)cc1NC(=O)N(C)Cc1nc2ccccc2s1. The van der Waals surface area contributed by atoms with Crippen LogP contribution in [0.2, 0.25) is 5.02 Å². The van der Waals surface area contributed by atoms with E-state index in [2.05, 4.69) is 10.3 Å². The molecule has 3 aromatic rings. The summed E-state index contributed by atoms with van der Waals surface area (Å²) in [6.07, 6.45) is 0. The van der Waals surface area contributed by atoms with E-state index in [1.165, 1.54) is 0 Å². The van der Waals surface area contributed by atoms with Gasteiger partial charge in [0, 0.05) is 18.1 Å². The zero-order valence-corrected chi connectivity index (χ0v) is 15.7. The summed E-state index contributed by atoms with van der Waals surface area (Å²) in [6.45, 7) is 2.31. The minimum Gasteiger partial charge on any atom is -0.495 e. The molecule has 0 spiro atoms. The molecule has 0 saturated heterocycles. The van der Waals surface area contributed by atoms with Crippen LogP contribution in [0.1, 0.15) is 10.6 Å². The monoisotopic (exact) mass is 375 g/mol. The fraction of sp³-hybridized carbons (Fsp3) is 0.222. The number of hydrogen-bond acceptors (Lipinski definition) is 4. The van der Waals surface area contributed by atoms with E-state index in [1.807, 2.05) is 31.2 Å². The summed E-state index contributed by atoms with van der Waals surface area (Å²) in [5.41, 5.74) is 2.41. The highest BCUT2D eigenvalue weighted by Gasteiger charge is 2.15. The number of halogens is 1. The van der Waals surface area contributed by atoms with Crippen molar-refractivity contribution in [3.05, 3.63) is 52.0 Å². The van der Waals surface area contributed by atoms with Crippen LogP contribution in [0.15, 0.2) is 36.4 Å². The highest BCUT2D eigenvalue weighted by Crippen LogP contribution is 2.31. The molecule has 3 rings (SSSR count). The lowest BCUT2D eigenvalue weighted by Gasteiger charge is -2.18. The minimum absolute atomic E-state index is 0.237. The van der Waals surface area contributed by atoms with Crippen molar-refractivity contribution >= 4 is 44.9 Å². The normalized spacial score (nSPS) is 10.7. The number of carbonyl (C=O) groups is 1. The Bertz CT molecular complexity index is 893. The molecule has 1 heterocycles. The molecule has 2 amide bonds. The van der Waals surface area contributed by atoms with Crippen LogP contribution in [-0.2, 0) is 6.54 Å². The summed E-state index contributed by atoms with van der Waals surface area (Å²) < 4.78 is 6.40. The molecule has 0 radical (unpaired) electrons. The van der Waals surface area contributed by atoms with Gasteiger partial charge in [-0.2, -0.15) is 0 Å². The first-order valence-electron chi connectivity index (χ1n) is 7.68. The molecule has 1 N–H and O–H groups in total. The lowest BCUT2D eigenvalue weighted by atomic mass is 10.2. The number of thiazole rings is 1. The third kappa shape index (κ3) is 3.86. The van der Waals surface area contributed by atoms with E-state index in [1.54, 1.807) is 42.5 Å². The van der Waals surface area contributed by atoms with Gasteiger partial charge in [0.15, 0.2) is 0 Å². The van der Waals surface area contributed by atoms with Crippen molar-refractivity contribution in [2.24, 2.45) is 0 Å². The van der Waals surface area contributed by atoms with Crippen LogP contribution in [0.4, 0.5) is 10.5 Å². The summed E-state index contributed by atoms with van der Waals surface area (Å²) in [5, 5.41) is 4.35. The topological polar surface area (TPSA) is 54.5 Å². The number of fused-ring (bicyclic) bond motifs is 1. The fourth-order valence-corrected chi connectivity index (χ4v) is 3.58. The van der Waals surface area contributed by atoms with Gasteiger partial charge < -0.3 is 15.0 Å². The number of urea groups is 1. The van der Waals surface area contributed by atoms with Crippen LogP contribution in [0.25, 0.3) is 10.2 Å². The lowest BCUT2D eigenvalue weighted by Crippen LogP contribution is -2.31. The fourth-order valence-electron chi connectivity index (χ4n) is 2.40. The molecule has 0 fully saturated rings. The Morgan fingerprint density at radius 3 is 2.84 bits per heavy atom. The molecular weight excluding hydrogens is 358 g/mol. The van der Waals surface area contributed by atoms with E-state index in [9.17, 15) is 4.79 Å². The zero-order chi connectivity index (χ0) is 18.0. The number of nitrogens with zero attached hydrogens (tertiary/aromatic N) is 2. The molecule has 25 heavy (non-hydrogen) atoms. The Labute approximate surface area is 155 Å². The predicted octanol–water partition coefficient (Wildman–Crippen LogP) is 4.93. The van der Waals surface area contributed by atoms with Gasteiger partial charge in [-0.25, -0.2) is 9.78 Å². The summed E-state index contributed by atoms with van der Waals surface area (Å²) in [7, 11) is 3.28. The van der Waals surface area contributed by atoms with Gasteiger partial charge >= 0.3 is 6.03 Å². The van der Waals surface area contributed by atoms with E-state index in [0.29, 0.717) is 23.0 Å². The molecule has 5 nitrogen and oxygen atoms in total. The zero-order valence-electron chi connectivity index (χ0n) is 14.2. The van der Waals surface area contributed by atoms with Crippen LogP contribution in [0, 0.1) is 6.92 Å². The van der Waals surface area contributed by atoms with Gasteiger partial charge in [0.05, 0.1) is 29.6 Å². The third-order valence-corrected chi connectivity index (χ3v) is 5.21. The molecule has 0 atom stereocenters. The summed E-state index contributed by atoms with van der Waals surface area (Å²) in [5.74, 6) is 0.525. The first kappa shape index (κ1) is 17.5. The lowest BCUT2D eigenvalue weighted by molar-refractivity contribution is 0.220. The Balaban J connectivity index is 1.73. The second-order valence-corrected chi connectivity index (χ2v) is 7.19.